The van der Waals surface area contributed by atoms with Gasteiger partial charge in [0, 0.05) is 34.6 Å². The topological polar surface area (TPSA) is 54.9 Å². The van der Waals surface area contributed by atoms with E-state index in [0.717, 1.165) is 21.8 Å². The van der Waals surface area contributed by atoms with Gasteiger partial charge in [-0.15, -0.1) is 17.8 Å². The molecule has 0 bridgehead atoms. The zero-order valence-corrected chi connectivity index (χ0v) is 13.0. The molecule has 0 aliphatic rings. The van der Waals surface area contributed by atoms with Crippen LogP contribution in [0.4, 0.5) is 5.69 Å². The van der Waals surface area contributed by atoms with Crippen LogP contribution in [0, 0.1) is 12.3 Å². The molecule has 0 spiro atoms. The molecule has 0 radical (unpaired) electrons. The number of pyridine rings is 1. The molecule has 3 aromatic rings. The van der Waals surface area contributed by atoms with Gasteiger partial charge in [-0.3, -0.25) is 9.78 Å². The highest BCUT2D eigenvalue weighted by molar-refractivity contribution is 7.13. The smallest absolute Gasteiger partial charge is 0.230 e. The van der Waals surface area contributed by atoms with Crippen LogP contribution in [0.25, 0.3) is 10.6 Å². The lowest BCUT2D eigenvalue weighted by Crippen LogP contribution is -2.14. The van der Waals surface area contributed by atoms with Crippen LogP contribution in [0.2, 0.25) is 0 Å². The molecule has 0 saturated heterocycles. The van der Waals surface area contributed by atoms with E-state index in [-0.39, 0.29) is 12.3 Å². The largest absolute Gasteiger partial charge is 0.326 e. The second-order valence-corrected chi connectivity index (χ2v) is 5.69. The van der Waals surface area contributed by atoms with Gasteiger partial charge < -0.3 is 5.32 Å². The van der Waals surface area contributed by atoms with Crippen LogP contribution in [-0.4, -0.2) is 15.9 Å². The minimum atomic E-state index is -0.123. The van der Waals surface area contributed by atoms with Gasteiger partial charge in [0.25, 0.3) is 0 Å². The summed E-state index contributed by atoms with van der Waals surface area (Å²) in [6, 6.07) is 11.0. The number of terminal acetylenes is 1. The molecule has 2 aromatic heterocycles. The van der Waals surface area contributed by atoms with Crippen molar-refractivity contribution in [2.45, 2.75) is 6.42 Å². The van der Waals surface area contributed by atoms with Gasteiger partial charge in [-0.2, -0.15) is 0 Å². The van der Waals surface area contributed by atoms with Gasteiger partial charge in [0.05, 0.1) is 12.1 Å². The van der Waals surface area contributed by atoms with Crippen molar-refractivity contribution in [3.05, 3.63) is 65.4 Å². The number of carbonyl (C=O) groups is 1. The molecule has 0 aliphatic carbocycles. The van der Waals surface area contributed by atoms with Crippen molar-refractivity contribution in [1.82, 2.24) is 9.97 Å². The average Bonchev–Trinajstić information content (AvgIpc) is 3.04. The number of carbonyl (C=O) groups excluding carboxylic acids is 1. The first-order valence-electron chi connectivity index (χ1n) is 6.96. The maximum Gasteiger partial charge on any atom is 0.230 e. The number of rotatable bonds is 4. The zero-order valence-electron chi connectivity index (χ0n) is 12.2. The molecule has 1 aromatic carbocycles. The average molecular weight is 319 g/mol. The van der Waals surface area contributed by atoms with Crippen LogP contribution in [0.15, 0.2) is 54.2 Å². The molecule has 1 N–H and O–H groups in total. The van der Waals surface area contributed by atoms with E-state index in [1.807, 2.05) is 29.6 Å². The third kappa shape index (κ3) is 3.82. The van der Waals surface area contributed by atoms with Crippen molar-refractivity contribution in [1.29, 1.82) is 0 Å². The van der Waals surface area contributed by atoms with Crippen LogP contribution in [0.3, 0.4) is 0 Å². The first-order valence-corrected chi connectivity index (χ1v) is 7.84. The Morgan fingerprint density at radius 2 is 2.22 bits per heavy atom. The summed E-state index contributed by atoms with van der Waals surface area (Å²) in [5.41, 5.74) is 3.11. The minimum Gasteiger partial charge on any atom is -0.326 e. The van der Waals surface area contributed by atoms with E-state index in [0.29, 0.717) is 5.69 Å². The first-order chi connectivity index (χ1) is 11.2. The second kappa shape index (κ2) is 6.86. The minimum absolute atomic E-state index is 0.123. The van der Waals surface area contributed by atoms with E-state index in [1.54, 1.807) is 24.5 Å². The lowest BCUT2D eigenvalue weighted by Gasteiger charge is -2.04. The van der Waals surface area contributed by atoms with Gasteiger partial charge >= 0.3 is 0 Å². The fourth-order valence-electron chi connectivity index (χ4n) is 2.07. The van der Waals surface area contributed by atoms with E-state index in [4.69, 9.17) is 6.42 Å². The van der Waals surface area contributed by atoms with Crippen molar-refractivity contribution in [2.75, 3.05) is 5.32 Å². The highest BCUT2D eigenvalue weighted by Gasteiger charge is 2.09. The third-order valence-electron chi connectivity index (χ3n) is 3.11. The standard InChI is InChI=1S/C18H13N3OS/c1-2-13-5-3-7-15(9-13)20-17(22)10-16-12-23-18(21-16)14-6-4-8-19-11-14/h1,3-9,11-12H,10H2,(H,20,22). The predicted molar refractivity (Wildman–Crippen MR) is 92.1 cm³/mol. The molecule has 23 heavy (non-hydrogen) atoms. The molecule has 4 nitrogen and oxygen atoms in total. The summed E-state index contributed by atoms with van der Waals surface area (Å²) in [5, 5.41) is 5.58. The SMILES string of the molecule is C#Cc1cccc(NC(=O)Cc2csc(-c3cccnc3)n2)c1. The normalized spacial score (nSPS) is 10.0. The Balaban J connectivity index is 1.67. The lowest BCUT2D eigenvalue weighted by atomic mass is 10.2. The summed E-state index contributed by atoms with van der Waals surface area (Å²) < 4.78 is 0. The Hall–Kier alpha value is -2.97. The number of nitrogens with zero attached hydrogens (tertiary/aromatic N) is 2. The molecule has 0 unspecified atom stereocenters. The number of hydrogen-bond donors (Lipinski definition) is 1. The van der Waals surface area contributed by atoms with Crippen molar-refractivity contribution in [2.24, 2.45) is 0 Å². The monoisotopic (exact) mass is 319 g/mol. The molecule has 0 atom stereocenters. The van der Waals surface area contributed by atoms with Crippen molar-refractivity contribution in [3.63, 3.8) is 0 Å². The Morgan fingerprint density at radius 1 is 1.30 bits per heavy atom. The fraction of sp³-hybridized carbons (Fsp3) is 0.0556. The van der Waals surface area contributed by atoms with Crippen LogP contribution < -0.4 is 5.32 Å². The van der Waals surface area contributed by atoms with E-state index >= 15 is 0 Å². The number of nitrogens with one attached hydrogen (secondary N) is 1. The summed E-state index contributed by atoms with van der Waals surface area (Å²) in [4.78, 5) is 20.7. The van der Waals surface area contributed by atoms with Crippen LogP contribution in [0.1, 0.15) is 11.3 Å². The summed E-state index contributed by atoms with van der Waals surface area (Å²) in [6.07, 6.45) is 9.05. The van der Waals surface area contributed by atoms with Gasteiger partial charge in [-0.25, -0.2) is 4.98 Å². The Kier molecular flexibility index (Phi) is 4.46. The van der Waals surface area contributed by atoms with Gasteiger partial charge in [-0.05, 0) is 30.3 Å². The lowest BCUT2D eigenvalue weighted by molar-refractivity contribution is -0.115. The second-order valence-electron chi connectivity index (χ2n) is 4.84. The fourth-order valence-corrected chi connectivity index (χ4v) is 2.88. The van der Waals surface area contributed by atoms with Crippen LogP contribution in [-0.2, 0) is 11.2 Å². The molecule has 5 heteroatoms. The van der Waals surface area contributed by atoms with Gasteiger partial charge in [-0.1, -0.05) is 12.0 Å². The van der Waals surface area contributed by atoms with Crippen LogP contribution in [0.5, 0.6) is 0 Å². The predicted octanol–water partition coefficient (Wildman–Crippen LogP) is 3.37. The van der Waals surface area contributed by atoms with Crippen LogP contribution >= 0.6 is 11.3 Å². The highest BCUT2D eigenvalue weighted by atomic mass is 32.1. The summed E-state index contributed by atoms with van der Waals surface area (Å²) in [5.74, 6) is 2.42. The molecule has 0 saturated carbocycles. The number of thiazole rings is 1. The van der Waals surface area contributed by atoms with Crippen molar-refractivity contribution in [3.8, 4) is 22.9 Å². The van der Waals surface area contributed by atoms with E-state index in [2.05, 4.69) is 21.2 Å². The van der Waals surface area contributed by atoms with E-state index < -0.39 is 0 Å². The van der Waals surface area contributed by atoms with Gasteiger partial charge in [0.2, 0.25) is 5.91 Å². The van der Waals surface area contributed by atoms with E-state index in [9.17, 15) is 4.79 Å². The summed E-state index contributed by atoms with van der Waals surface area (Å²) in [7, 11) is 0. The van der Waals surface area contributed by atoms with Crippen molar-refractivity contribution >= 4 is 22.9 Å². The maximum absolute atomic E-state index is 12.1. The molecule has 112 valence electrons. The zero-order chi connectivity index (χ0) is 16.1. The summed E-state index contributed by atoms with van der Waals surface area (Å²) >= 11 is 1.50. The Labute approximate surface area is 138 Å². The number of anilines is 1. The quantitative estimate of drug-likeness (QED) is 0.750. The highest BCUT2D eigenvalue weighted by Crippen LogP contribution is 2.23. The molecular weight excluding hydrogens is 306 g/mol. The maximum atomic E-state index is 12.1. The van der Waals surface area contributed by atoms with Gasteiger partial charge in [0.1, 0.15) is 5.01 Å². The Bertz CT molecular complexity index is 865. The number of hydrogen-bond acceptors (Lipinski definition) is 4. The molecule has 0 aliphatic heterocycles. The molecule has 3 rings (SSSR count). The Morgan fingerprint density at radius 3 is 3.00 bits per heavy atom. The molecule has 0 fully saturated rings. The summed E-state index contributed by atoms with van der Waals surface area (Å²) in [6.45, 7) is 0. The van der Waals surface area contributed by atoms with Gasteiger partial charge in [0.15, 0.2) is 0 Å². The number of benzene rings is 1. The molecule has 1 amide bonds. The third-order valence-corrected chi connectivity index (χ3v) is 4.06. The first kappa shape index (κ1) is 14.9. The van der Waals surface area contributed by atoms with E-state index in [1.165, 1.54) is 11.3 Å². The number of amides is 1. The molecular formula is C18H13N3OS. The molecule has 2 heterocycles. The number of aromatic nitrogens is 2. The van der Waals surface area contributed by atoms with Crippen molar-refractivity contribution < 1.29 is 4.79 Å².